The molecule has 6 rings (SSSR count). The van der Waals surface area contributed by atoms with Crippen molar-refractivity contribution in [2.45, 2.75) is 25.9 Å². The van der Waals surface area contributed by atoms with Crippen LogP contribution in [-0.2, 0) is 0 Å². The van der Waals surface area contributed by atoms with Crippen molar-refractivity contribution in [3.8, 4) is 11.4 Å². The highest BCUT2D eigenvalue weighted by Gasteiger charge is 2.19. The largest absolute Gasteiger partial charge is 0.368 e. The highest BCUT2D eigenvalue weighted by molar-refractivity contribution is 6.04. The molecule has 35 heavy (non-hydrogen) atoms. The van der Waals surface area contributed by atoms with Crippen LogP contribution in [0.1, 0.15) is 28.9 Å². The molecule has 2 fully saturated rings. The standard InChI is InChI=1S/C21H20FN7O2.C3H5F/c1-13-16(22)8-14(20-25-12-31-27-20)9-17(13)26-21(30)18-10-24-19-3-2-15(11-29(18)19)28-6-4-23-5-7-28;4-3-1-2-3/h2-3,8-12,23H,4-7H2,1H3,(H,26,30);3H,1-2H2. The second kappa shape index (κ2) is 9.79. The first-order valence-corrected chi connectivity index (χ1v) is 11.4. The van der Waals surface area contributed by atoms with Gasteiger partial charge in [-0.1, -0.05) is 5.16 Å². The average molecular weight is 482 g/mol. The van der Waals surface area contributed by atoms with Crippen LogP contribution in [0.4, 0.5) is 20.2 Å². The Hall–Kier alpha value is -3.86. The number of alkyl halides is 1. The van der Waals surface area contributed by atoms with E-state index in [-0.39, 0.29) is 5.82 Å². The summed E-state index contributed by atoms with van der Waals surface area (Å²) >= 11 is 0. The maximum Gasteiger partial charge on any atom is 0.274 e. The van der Waals surface area contributed by atoms with Crippen LogP contribution in [-0.4, -0.2) is 57.8 Å². The van der Waals surface area contributed by atoms with Crippen LogP contribution in [0.3, 0.4) is 0 Å². The number of anilines is 2. The molecular formula is C24H25F2N7O2. The Kier molecular flexibility index (Phi) is 6.41. The van der Waals surface area contributed by atoms with Crippen molar-refractivity contribution in [1.29, 1.82) is 0 Å². The summed E-state index contributed by atoms with van der Waals surface area (Å²) in [6.45, 7) is 5.21. The summed E-state index contributed by atoms with van der Waals surface area (Å²) in [4.78, 5) is 23.6. The Morgan fingerprint density at radius 1 is 1.20 bits per heavy atom. The topological polar surface area (TPSA) is 101 Å². The molecule has 2 N–H and O–H groups in total. The van der Waals surface area contributed by atoms with E-state index >= 15 is 0 Å². The molecule has 2 aliphatic rings. The minimum absolute atomic E-state index is 0.241. The SMILES string of the molecule is Cc1c(F)cc(-c2ncon2)cc1NC(=O)c1cnc2ccc(N3CCNCC3)cn12.FC1CC1. The molecular weight excluding hydrogens is 456 g/mol. The van der Waals surface area contributed by atoms with E-state index in [1.54, 1.807) is 17.4 Å². The lowest BCUT2D eigenvalue weighted by atomic mass is 10.1. The van der Waals surface area contributed by atoms with Gasteiger partial charge < -0.3 is 20.1 Å². The zero-order valence-corrected chi connectivity index (χ0v) is 19.2. The Morgan fingerprint density at radius 2 is 1.97 bits per heavy atom. The van der Waals surface area contributed by atoms with Gasteiger partial charge in [-0.2, -0.15) is 4.98 Å². The summed E-state index contributed by atoms with van der Waals surface area (Å²) in [5.74, 6) is -0.626. The maximum absolute atomic E-state index is 14.5. The second-order valence-corrected chi connectivity index (χ2v) is 8.51. The third-order valence-corrected chi connectivity index (χ3v) is 5.92. The molecule has 4 heterocycles. The van der Waals surface area contributed by atoms with E-state index in [2.05, 4.69) is 30.7 Å². The third-order valence-electron chi connectivity index (χ3n) is 5.92. The van der Waals surface area contributed by atoms with E-state index < -0.39 is 17.9 Å². The number of aromatic nitrogens is 4. The molecule has 1 aromatic carbocycles. The first-order valence-electron chi connectivity index (χ1n) is 11.4. The van der Waals surface area contributed by atoms with Gasteiger partial charge in [0, 0.05) is 49.2 Å². The lowest BCUT2D eigenvalue weighted by Gasteiger charge is -2.29. The first-order chi connectivity index (χ1) is 17.0. The quantitative estimate of drug-likeness (QED) is 0.459. The van der Waals surface area contributed by atoms with Crippen LogP contribution in [0.5, 0.6) is 0 Å². The molecule has 1 saturated carbocycles. The molecule has 182 valence electrons. The number of nitrogens with one attached hydrogen (secondary N) is 2. The van der Waals surface area contributed by atoms with Crippen molar-refractivity contribution in [2.24, 2.45) is 0 Å². The molecule has 1 aliphatic carbocycles. The van der Waals surface area contributed by atoms with E-state index in [4.69, 9.17) is 4.52 Å². The number of benzene rings is 1. The van der Waals surface area contributed by atoms with Gasteiger partial charge in [0.15, 0.2) is 0 Å². The number of amides is 1. The van der Waals surface area contributed by atoms with E-state index in [0.29, 0.717) is 28.2 Å². The molecule has 1 aliphatic heterocycles. The number of piperazine rings is 1. The summed E-state index contributed by atoms with van der Waals surface area (Å²) in [7, 11) is 0. The van der Waals surface area contributed by atoms with Crippen LogP contribution in [0.2, 0.25) is 0 Å². The van der Waals surface area contributed by atoms with Gasteiger partial charge in [0.05, 0.1) is 11.9 Å². The van der Waals surface area contributed by atoms with Gasteiger partial charge in [-0.15, -0.1) is 0 Å². The molecule has 11 heteroatoms. The number of fused-ring (bicyclic) bond motifs is 1. The minimum atomic E-state index is -0.475. The fourth-order valence-electron chi connectivity index (χ4n) is 3.73. The fourth-order valence-corrected chi connectivity index (χ4v) is 3.73. The van der Waals surface area contributed by atoms with Crippen molar-refractivity contribution in [1.82, 2.24) is 24.8 Å². The van der Waals surface area contributed by atoms with Crippen molar-refractivity contribution >= 4 is 22.9 Å². The number of rotatable bonds is 4. The van der Waals surface area contributed by atoms with Gasteiger partial charge in [-0.3, -0.25) is 9.20 Å². The smallest absolute Gasteiger partial charge is 0.274 e. The number of carbonyl (C=O) groups excluding carboxylic acids is 1. The van der Waals surface area contributed by atoms with Crippen LogP contribution in [0.15, 0.2) is 47.6 Å². The third kappa shape index (κ3) is 5.14. The molecule has 4 aromatic rings. The Labute approximate surface area is 200 Å². The first kappa shape index (κ1) is 22.9. The monoisotopic (exact) mass is 481 g/mol. The molecule has 0 radical (unpaired) electrons. The van der Waals surface area contributed by atoms with Gasteiger partial charge in [-0.05, 0) is 44.0 Å². The zero-order chi connectivity index (χ0) is 24.4. The van der Waals surface area contributed by atoms with Gasteiger partial charge in [0.2, 0.25) is 12.2 Å². The molecule has 0 atom stereocenters. The number of nitrogens with zero attached hydrogens (tertiary/aromatic N) is 5. The summed E-state index contributed by atoms with van der Waals surface area (Å²) in [5.41, 5.74) is 3.09. The van der Waals surface area contributed by atoms with Crippen LogP contribution < -0.4 is 15.5 Å². The second-order valence-electron chi connectivity index (χ2n) is 8.51. The van der Waals surface area contributed by atoms with Crippen LogP contribution in [0.25, 0.3) is 17.0 Å². The summed E-state index contributed by atoms with van der Waals surface area (Å²) in [6.07, 6.45) is 5.81. The van der Waals surface area contributed by atoms with E-state index in [9.17, 15) is 13.6 Å². The van der Waals surface area contributed by atoms with Gasteiger partial charge in [0.25, 0.3) is 5.91 Å². The number of hydrogen-bond donors (Lipinski definition) is 2. The Morgan fingerprint density at radius 3 is 2.66 bits per heavy atom. The number of carbonyl (C=O) groups is 1. The number of hydrogen-bond acceptors (Lipinski definition) is 7. The van der Waals surface area contributed by atoms with Gasteiger partial charge in [-0.25, -0.2) is 13.8 Å². The van der Waals surface area contributed by atoms with Crippen LogP contribution in [0, 0.1) is 12.7 Å². The van der Waals surface area contributed by atoms with E-state index in [0.717, 1.165) is 44.7 Å². The van der Waals surface area contributed by atoms with E-state index in [1.165, 1.54) is 18.7 Å². The lowest BCUT2D eigenvalue weighted by Crippen LogP contribution is -2.43. The van der Waals surface area contributed by atoms with Crippen molar-refractivity contribution < 1.29 is 18.1 Å². The molecule has 0 unspecified atom stereocenters. The molecule has 1 amide bonds. The summed E-state index contributed by atoms with van der Waals surface area (Å²) in [6, 6.07) is 6.82. The molecule has 0 bridgehead atoms. The van der Waals surface area contributed by atoms with Gasteiger partial charge in [0.1, 0.15) is 23.3 Å². The fraction of sp³-hybridized carbons (Fsp3) is 0.333. The van der Waals surface area contributed by atoms with Crippen LogP contribution >= 0.6 is 0 Å². The highest BCUT2D eigenvalue weighted by Crippen LogP contribution is 2.27. The van der Waals surface area contributed by atoms with Crippen molar-refractivity contribution in [2.75, 3.05) is 36.4 Å². The molecule has 1 saturated heterocycles. The highest BCUT2D eigenvalue weighted by atomic mass is 19.1. The predicted molar refractivity (Wildman–Crippen MR) is 127 cm³/mol. The molecule has 3 aromatic heterocycles. The average Bonchev–Trinajstić information content (AvgIpc) is 3.32. The van der Waals surface area contributed by atoms with Crippen molar-refractivity contribution in [3.05, 3.63) is 60.1 Å². The maximum atomic E-state index is 14.5. The zero-order valence-electron chi connectivity index (χ0n) is 19.2. The summed E-state index contributed by atoms with van der Waals surface area (Å²) < 4.78 is 32.1. The lowest BCUT2D eigenvalue weighted by molar-refractivity contribution is 0.102. The van der Waals surface area contributed by atoms with Crippen molar-refractivity contribution in [3.63, 3.8) is 0 Å². The summed E-state index contributed by atoms with van der Waals surface area (Å²) in [5, 5.41) is 9.86. The van der Waals surface area contributed by atoms with E-state index in [1.807, 2.05) is 18.3 Å². The normalized spacial score (nSPS) is 15.6. The Balaban J connectivity index is 0.000000577. The molecule has 0 spiro atoms. The minimum Gasteiger partial charge on any atom is -0.368 e. The Bertz CT molecular complexity index is 1330. The number of imidazole rings is 1. The molecule has 9 nitrogen and oxygen atoms in total. The van der Waals surface area contributed by atoms with Gasteiger partial charge >= 0.3 is 0 Å². The number of halogens is 2. The number of pyridine rings is 1. The predicted octanol–water partition coefficient (Wildman–Crippen LogP) is 3.61.